The first-order chi connectivity index (χ1) is 13.6. The molecule has 0 spiro atoms. The number of aliphatic imine (C=N–C) groups is 1. The monoisotopic (exact) mass is 540 g/mol. The van der Waals surface area contributed by atoms with Crippen LogP contribution in [0, 0.1) is 0 Å². The van der Waals surface area contributed by atoms with Crippen molar-refractivity contribution in [3.63, 3.8) is 0 Å². The minimum Gasteiger partial charge on any atom is -0.486 e. The Balaban J connectivity index is 0.00000420. The van der Waals surface area contributed by atoms with E-state index in [-0.39, 0.29) is 24.0 Å². The Morgan fingerprint density at radius 3 is 2.79 bits per heavy atom. The summed E-state index contributed by atoms with van der Waals surface area (Å²) in [5.41, 5.74) is 1.11. The molecule has 166 valence electrons. The summed E-state index contributed by atoms with van der Waals surface area (Å²) in [5, 5.41) is 7.27. The Morgan fingerprint density at radius 1 is 1.24 bits per heavy atom. The van der Waals surface area contributed by atoms with Crippen molar-refractivity contribution >= 4 is 41.5 Å². The van der Waals surface area contributed by atoms with E-state index in [1.54, 1.807) is 7.11 Å². The highest BCUT2D eigenvalue weighted by molar-refractivity contribution is 14.0. The van der Waals surface area contributed by atoms with Gasteiger partial charge < -0.3 is 29.7 Å². The molecule has 0 aromatic heterocycles. The van der Waals surface area contributed by atoms with Crippen molar-refractivity contribution in [2.24, 2.45) is 4.99 Å². The van der Waals surface area contributed by atoms with E-state index in [4.69, 9.17) is 25.8 Å². The molecule has 1 aliphatic heterocycles. The molecule has 0 fully saturated rings. The predicted molar refractivity (Wildman–Crippen MR) is 130 cm³/mol. The van der Waals surface area contributed by atoms with Gasteiger partial charge in [-0.1, -0.05) is 11.6 Å². The summed E-state index contributed by atoms with van der Waals surface area (Å²) in [6, 6.07) is 3.94. The summed E-state index contributed by atoms with van der Waals surface area (Å²) in [6.45, 7) is 8.21. The van der Waals surface area contributed by atoms with Crippen LogP contribution in [0.4, 0.5) is 0 Å². The quantitative estimate of drug-likeness (QED) is 0.195. The van der Waals surface area contributed by atoms with Gasteiger partial charge in [0.1, 0.15) is 13.2 Å². The van der Waals surface area contributed by atoms with Gasteiger partial charge in [0.05, 0.1) is 11.6 Å². The zero-order valence-corrected chi connectivity index (χ0v) is 20.7. The molecule has 0 bridgehead atoms. The number of rotatable bonds is 11. The lowest BCUT2D eigenvalue weighted by molar-refractivity contribution is 0.171. The topological polar surface area (TPSA) is 67.4 Å². The fourth-order valence-electron chi connectivity index (χ4n) is 2.90. The Labute approximate surface area is 196 Å². The van der Waals surface area contributed by atoms with Crippen LogP contribution in [0.5, 0.6) is 11.5 Å². The zero-order chi connectivity index (χ0) is 20.2. The number of methoxy groups -OCH3 is 1. The first-order valence-corrected chi connectivity index (χ1v) is 10.3. The van der Waals surface area contributed by atoms with Gasteiger partial charge in [0.25, 0.3) is 0 Å². The number of fused-ring (bicyclic) bond motifs is 1. The van der Waals surface area contributed by atoms with Crippen LogP contribution in [0.1, 0.15) is 18.9 Å². The second-order valence-electron chi connectivity index (χ2n) is 6.69. The van der Waals surface area contributed by atoms with Crippen molar-refractivity contribution in [3.05, 3.63) is 22.7 Å². The molecule has 0 atom stereocenters. The Bertz CT molecular complexity index is 634. The molecule has 2 N–H and O–H groups in total. The molecule has 0 radical (unpaired) electrons. The van der Waals surface area contributed by atoms with Crippen LogP contribution in [-0.4, -0.2) is 77.6 Å². The molecule has 0 aliphatic carbocycles. The molecule has 0 unspecified atom stereocenters. The molecule has 7 nitrogen and oxygen atoms in total. The van der Waals surface area contributed by atoms with Crippen LogP contribution in [-0.2, 0) is 11.2 Å². The number of benzene rings is 1. The van der Waals surface area contributed by atoms with Crippen molar-refractivity contribution in [2.75, 3.05) is 66.7 Å². The molecule has 29 heavy (non-hydrogen) atoms. The number of halogens is 2. The van der Waals surface area contributed by atoms with E-state index in [0.29, 0.717) is 24.0 Å². The smallest absolute Gasteiger partial charge is 0.191 e. The first-order valence-electron chi connectivity index (χ1n) is 9.91. The van der Waals surface area contributed by atoms with Crippen LogP contribution in [0.2, 0.25) is 5.02 Å². The maximum Gasteiger partial charge on any atom is 0.191 e. The molecule has 0 amide bonds. The highest BCUT2D eigenvalue weighted by Gasteiger charge is 2.16. The summed E-state index contributed by atoms with van der Waals surface area (Å²) >= 11 is 6.31. The van der Waals surface area contributed by atoms with Crippen molar-refractivity contribution in [1.82, 2.24) is 15.5 Å². The van der Waals surface area contributed by atoms with Gasteiger partial charge in [-0.15, -0.1) is 24.0 Å². The Hall–Kier alpha value is -0.970. The minimum absolute atomic E-state index is 0. The van der Waals surface area contributed by atoms with Crippen molar-refractivity contribution in [3.8, 4) is 11.5 Å². The average molecular weight is 541 g/mol. The van der Waals surface area contributed by atoms with Crippen LogP contribution in [0.15, 0.2) is 17.1 Å². The number of ether oxygens (including phenoxy) is 3. The predicted octanol–water partition coefficient (Wildman–Crippen LogP) is 2.80. The fraction of sp³-hybridized carbons (Fsp3) is 0.650. The summed E-state index contributed by atoms with van der Waals surface area (Å²) < 4.78 is 16.3. The first kappa shape index (κ1) is 26.1. The van der Waals surface area contributed by atoms with E-state index >= 15 is 0 Å². The van der Waals surface area contributed by atoms with Gasteiger partial charge in [0, 0.05) is 39.9 Å². The number of guanidine groups is 1. The molecule has 1 aromatic rings. The largest absolute Gasteiger partial charge is 0.486 e. The van der Waals surface area contributed by atoms with E-state index in [2.05, 4.69) is 34.5 Å². The molecule has 1 heterocycles. The number of nitrogens with one attached hydrogen (secondary N) is 2. The summed E-state index contributed by atoms with van der Waals surface area (Å²) in [4.78, 5) is 6.92. The van der Waals surface area contributed by atoms with Crippen molar-refractivity contribution in [1.29, 1.82) is 0 Å². The van der Waals surface area contributed by atoms with E-state index < -0.39 is 0 Å². The Morgan fingerprint density at radius 2 is 2.03 bits per heavy atom. The molecule has 9 heteroatoms. The minimum atomic E-state index is 0. The van der Waals surface area contributed by atoms with Crippen LogP contribution in [0.25, 0.3) is 0 Å². The highest BCUT2D eigenvalue weighted by atomic mass is 127. The fourth-order valence-corrected chi connectivity index (χ4v) is 3.19. The van der Waals surface area contributed by atoms with E-state index in [1.165, 1.54) is 0 Å². The maximum atomic E-state index is 6.31. The van der Waals surface area contributed by atoms with Gasteiger partial charge in [-0.05, 0) is 44.5 Å². The SMILES string of the molecule is CCNC(=NCCN(C)CCCOC)NCCc1cc(Cl)c2c(c1)OCCO2.I. The zero-order valence-electron chi connectivity index (χ0n) is 17.6. The second-order valence-corrected chi connectivity index (χ2v) is 7.10. The molecular formula is C20H34ClIN4O3. The van der Waals surface area contributed by atoms with E-state index in [0.717, 1.165) is 69.4 Å². The number of likely N-dealkylation sites (N-methyl/N-ethyl adjacent to an activating group) is 1. The van der Waals surface area contributed by atoms with Gasteiger partial charge >= 0.3 is 0 Å². The van der Waals surface area contributed by atoms with Gasteiger partial charge in [0.2, 0.25) is 0 Å². The van der Waals surface area contributed by atoms with Crippen LogP contribution in [0.3, 0.4) is 0 Å². The van der Waals surface area contributed by atoms with E-state index in [9.17, 15) is 0 Å². The number of nitrogens with zero attached hydrogens (tertiary/aromatic N) is 2. The van der Waals surface area contributed by atoms with Gasteiger partial charge in [-0.3, -0.25) is 4.99 Å². The third-order valence-electron chi connectivity index (χ3n) is 4.35. The van der Waals surface area contributed by atoms with E-state index in [1.807, 2.05) is 12.1 Å². The lowest BCUT2D eigenvalue weighted by Crippen LogP contribution is -2.39. The highest BCUT2D eigenvalue weighted by Crippen LogP contribution is 2.38. The second kappa shape index (κ2) is 14.9. The molecule has 2 rings (SSSR count). The normalized spacial score (nSPS) is 13.2. The summed E-state index contributed by atoms with van der Waals surface area (Å²) in [5.74, 6) is 2.21. The molecule has 1 aliphatic rings. The van der Waals surface area contributed by atoms with Crippen LogP contribution >= 0.6 is 35.6 Å². The molecule has 0 saturated carbocycles. The Kier molecular flexibility index (Phi) is 13.4. The number of hydrogen-bond donors (Lipinski definition) is 2. The lowest BCUT2D eigenvalue weighted by Gasteiger charge is -2.20. The average Bonchev–Trinajstić information content (AvgIpc) is 2.68. The standard InChI is InChI=1S/C20H33ClN4O3.HI/c1-4-22-20(24-8-10-25(2)9-5-11-26-3)23-7-6-16-14-17(21)19-18(15-16)27-12-13-28-19;/h14-15H,4-13H2,1-3H3,(H2,22,23,24);1H. The van der Waals surface area contributed by atoms with Gasteiger partial charge in [-0.2, -0.15) is 0 Å². The molecule has 0 saturated heterocycles. The third-order valence-corrected chi connectivity index (χ3v) is 4.63. The summed E-state index contributed by atoms with van der Waals surface area (Å²) in [6.07, 6.45) is 1.85. The van der Waals surface area contributed by atoms with Crippen LogP contribution < -0.4 is 20.1 Å². The van der Waals surface area contributed by atoms with Gasteiger partial charge in [0.15, 0.2) is 17.5 Å². The number of hydrogen-bond acceptors (Lipinski definition) is 5. The third kappa shape index (κ3) is 9.59. The van der Waals surface area contributed by atoms with Crippen molar-refractivity contribution in [2.45, 2.75) is 19.8 Å². The van der Waals surface area contributed by atoms with Gasteiger partial charge in [-0.25, -0.2) is 0 Å². The lowest BCUT2D eigenvalue weighted by atomic mass is 10.1. The molecular weight excluding hydrogens is 507 g/mol. The van der Waals surface area contributed by atoms with Crippen molar-refractivity contribution < 1.29 is 14.2 Å². The summed E-state index contributed by atoms with van der Waals surface area (Å²) in [7, 11) is 3.84. The maximum absolute atomic E-state index is 6.31. The molecule has 1 aromatic carbocycles.